The first-order chi connectivity index (χ1) is 24.4. The number of nitrogens with zero attached hydrogens (tertiary/aromatic N) is 2. The van der Waals surface area contributed by atoms with E-state index in [1.54, 1.807) is 30.3 Å². The topological polar surface area (TPSA) is 151 Å². The Morgan fingerprint density at radius 3 is 1.75 bits per heavy atom. The van der Waals surface area contributed by atoms with Crippen LogP contribution in [0.4, 0.5) is 49.9 Å². The predicted octanol–water partition coefficient (Wildman–Crippen LogP) is 7.24. The van der Waals surface area contributed by atoms with Crippen molar-refractivity contribution in [3.8, 4) is 0 Å². The van der Waals surface area contributed by atoms with Gasteiger partial charge < -0.3 is 41.4 Å². The maximum atomic E-state index is 14.2. The number of nitrogens with one attached hydrogen (secondary N) is 6. The zero-order valence-corrected chi connectivity index (χ0v) is 28.1. The number of ether oxygens (including phenoxy) is 2. The molecule has 0 bridgehead atoms. The summed E-state index contributed by atoms with van der Waals surface area (Å²) in [5.41, 5.74) is 1.56. The summed E-state index contributed by atoms with van der Waals surface area (Å²) < 4.78 is 62.9. The van der Waals surface area contributed by atoms with E-state index in [1.807, 2.05) is 6.07 Å². The van der Waals surface area contributed by atoms with Gasteiger partial charge in [0.2, 0.25) is 0 Å². The van der Waals surface area contributed by atoms with Gasteiger partial charge in [-0.05, 0) is 59.7 Å². The molecule has 0 aliphatic carbocycles. The van der Waals surface area contributed by atoms with Crippen LogP contribution in [-0.2, 0) is 15.7 Å². The molecule has 0 saturated carbocycles. The van der Waals surface area contributed by atoms with Crippen molar-refractivity contribution in [1.29, 1.82) is 0 Å². The molecule has 0 spiro atoms. The predicted molar refractivity (Wildman–Crippen MR) is 185 cm³/mol. The van der Waals surface area contributed by atoms with Gasteiger partial charge in [-0.1, -0.05) is 35.3 Å². The highest BCUT2D eigenvalue weighted by atomic mass is 35.5. The van der Waals surface area contributed by atoms with E-state index in [0.717, 1.165) is 43.5 Å². The lowest BCUT2D eigenvalue weighted by atomic mass is 10.1. The molecule has 2 fully saturated rings. The van der Waals surface area contributed by atoms with Crippen molar-refractivity contribution in [2.24, 2.45) is 0 Å². The third-order valence-corrected chi connectivity index (χ3v) is 7.91. The van der Waals surface area contributed by atoms with Crippen molar-refractivity contribution in [2.75, 3.05) is 60.7 Å². The average Bonchev–Trinajstić information content (AvgIpc) is 3.12. The average molecular weight is 752 g/mol. The lowest BCUT2D eigenvalue weighted by Gasteiger charge is -2.24. The minimum atomic E-state index is -4.57. The molecule has 18 heteroatoms. The van der Waals surface area contributed by atoms with Crippen molar-refractivity contribution >= 4 is 58.0 Å². The van der Waals surface area contributed by atoms with Gasteiger partial charge in [-0.3, -0.25) is 0 Å². The van der Waals surface area contributed by atoms with Gasteiger partial charge >= 0.3 is 18.2 Å². The van der Waals surface area contributed by atoms with Crippen LogP contribution in [0.1, 0.15) is 29.0 Å². The Bertz CT molecular complexity index is 1790. The van der Waals surface area contributed by atoms with Crippen molar-refractivity contribution in [3.05, 3.63) is 106 Å². The fourth-order valence-electron chi connectivity index (χ4n) is 4.88. The van der Waals surface area contributed by atoms with Crippen molar-refractivity contribution in [1.82, 2.24) is 20.6 Å². The molecule has 2 aromatic carbocycles. The number of halogens is 6. The first kappa shape index (κ1) is 37.7. The number of carbonyl (C=O) groups excluding carboxylic acids is 2. The first-order valence-corrected chi connectivity index (χ1v) is 16.2. The minimum absolute atomic E-state index is 0.0285. The van der Waals surface area contributed by atoms with Gasteiger partial charge in [0.15, 0.2) is 0 Å². The van der Waals surface area contributed by atoms with Crippen LogP contribution >= 0.6 is 23.2 Å². The largest absolute Gasteiger partial charge is 0.433 e. The Kier molecular flexibility index (Phi) is 13.0. The molecule has 2 aliphatic rings. The summed E-state index contributed by atoms with van der Waals surface area (Å²) in [4.78, 5) is 31.1. The van der Waals surface area contributed by atoms with Crippen LogP contribution in [0, 0.1) is 5.82 Å². The van der Waals surface area contributed by atoms with Crippen LogP contribution in [0.2, 0.25) is 10.2 Å². The third kappa shape index (κ3) is 11.2. The SMILES string of the molecule is O=C(Nc1ccc(C(F)(F)F)nc1)Nc1ccc([C@H]2CNCCO2)cc1F.O=C(Nc1ccc(Cl)nc1)Nc1ccc(C2CNCCO2)cc1Cl. The molecule has 4 heterocycles. The quantitative estimate of drug-likeness (QED) is 0.0893. The number of hydrogen-bond acceptors (Lipinski definition) is 8. The van der Waals surface area contributed by atoms with Crippen LogP contribution in [0.5, 0.6) is 0 Å². The van der Waals surface area contributed by atoms with E-state index in [2.05, 4.69) is 41.9 Å². The molecule has 270 valence electrons. The van der Waals surface area contributed by atoms with E-state index in [0.29, 0.717) is 46.9 Å². The molecule has 2 aliphatic heterocycles. The molecule has 4 amide bonds. The normalized spacial score (nSPS) is 17.4. The zero-order chi connectivity index (χ0) is 36.4. The summed E-state index contributed by atoms with van der Waals surface area (Å²) >= 11 is 12.0. The first-order valence-electron chi connectivity index (χ1n) is 15.5. The van der Waals surface area contributed by atoms with E-state index >= 15 is 0 Å². The number of rotatable bonds is 6. The Morgan fingerprint density at radius 2 is 1.27 bits per heavy atom. The van der Waals surface area contributed by atoms with Crippen LogP contribution in [0.3, 0.4) is 0 Å². The summed E-state index contributed by atoms with van der Waals surface area (Å²) in [6.45, 7) is 4.08. The lowest BCUT2D eigenvalue weighted by molar-refractivity contribution is -0.141. The summed E-state index contributed by atoms with van der Waals surface area (Å²) in [6, 6.07) is 13.6. The highest BCUT2D eigenvalue weighted by molar-refractivity contribution is 6.34. The molecule has 6 N–H and O–H groups in total. The van der Waals surface area contributed by atoms with E-state index in [9.17, 15) is 27.2 Å². The van der Waals surface area contributed by atoms with Crippen LogP contribution in [0.15, 0.2) is 73.1 Å². The second kappa shape index (κ2) is 17.6. The standard InChI is InChI=1S/C17H16F4N4O2.C16H16Cl2N4O2/c18-12-7-10(14-9-22-5-6-27-14)1-3-13(12)25-16(26)24-11-2-4-15(23-8-11)17(19,20)21;17-12-7-10(14-9-19-5-6-24-14)1-3-13(12)22-16(23)21-11-2-4-15(18)20-8-11/h1-4,7-8,14,22H,5-6,9H2,(H2,24,25,26);1-4,7-8,14,19H,5-6,9H2,(H2,21,22,23)/t14-;/m1./s1. The van der Waals surface area contributed by atoms with Crippen molar-refractivity contribution in [3.63, 3.8) is 0 Å². The molecule has 51 heavy (non-hydrogen) atoms. The maximum Gasteiger partial charge on any atom is 0.433 e. The fraction of sp³-hybridized carbons (Fsp3) is 0.273. The van der Waals surface area contributed by atoms with Crippen LogP contribution in [0.25, 0.3) is 0 Å². The number of alkyl halides is 3. The second-order valence-electron chi connectivity index (χ2n) is 11.1. The van der Waals surface area contributed by atoms with E-state index < -0.39 is 29.7 Å². The summed E-state index contributed by atoms with van der Waals surface area (Å²) in [5, 5.41) is 17.2. The molecule has 2 saturated heterocycles. The number of morpholine rings is 2. The van der Waals surface area contributed by atoms with E-state index in [4.69, 9.17) is 32.7 Å². The monoisotopic (exact) mass is 750 g/mol. The third-order valence-electron chi connectivity index (χ3n) is 7.38. The zero-order valence-electron chi connectivity index (χ0n) is 26.6. The summed E-state index contributed by atoms with van der Waals surface area (Å²) in [7, 11) is 0. The Balaban J connectivity index is 0.000000199. The van der Waals surface area contributed by atoms with Gasteiger partial charge in [0.1, 0.15) is 16.7 Å². The van der Waals surface area contributed by atoms with E-state index in [1.165, 1.54) is 18.3 Å². The highest BCUT2D eigenvalue weighted by Crippen LogP contribution is 2.29. The molecule has 12 nitrogen and oxygen atoms in total. The Hall–Kier alpha value is -4.58. The molecular formula is C33H32Cl2F4N8O4. The van der Waals surface area contributed by atoms with Crippen molar-refractivity contribution < 1.29 is 36.6 Å². The van der Waals surface area contributed by atoms with E-state index in [-0.39, 0.29) is 23.6 Å². The molecule has 6 rings (SSSR count). The smallest absolute Gasteiger partial charge is 0.371 e. The Morgan fingerprint density at radius 1 is 0.725 bits per heavy atom. The van der Waals surface area contributed by atoms with Crippen LogP contribution in [-0.4, -0.2) is 61.4 Å². The summed E-state index contributed by atoms with van der Waals surface area (Å²) in [5.74, 6) is -0.651. The van der Waals surface area contributed by atoms with Gasteiger partial charge in [0.05, 0.1) is 65.6 Å². The van der Waals surface area contributed by atoms with Gasteiger partial charge in [-0.2, -0.15) is 13.2 Å². The van der Waals surface area contributed by atoms with Crippen LogP contribution < -0.4 is 31.9 Å². The number of urea groups is 2. The molecule has 2 atom stereocenters. The number of carbonyl (C=O) groups is 2. The van der Waals surface area contributed by atoms with Gasteiger partial charge in [0, 0.05) is 26.2 Å². The number of amides is 4. The van der Waals surface area contributed by atoms with Crippen molar-refractivity contribution in [2.45, 2.75) is 18.4 Å². The van der Waals surface area contributed by atoms with Gasteiger partial charge in [-0.15, -0.1) is 0 Å². The fourth-order valence-corrected chi connectivity index (χ4v) is 5.23. The molecule has 2 aromatic heterocycles. The lowest BCUT2D eigenvalue weighted by Crippen LogP contribution is -2.33. The highest BCUT2D eigenvalue weighted by Gasteiger charge is 2.32. The number of anilines is 4. The maximum absolute atomic E-state index is 14.2. The number of benzene rings is 2. The van der Waals surface area contributed by atoms with Gasteiger partial charge in [0.25, 0.3) is 0 Å². The second-order valence-corrected chi connectivity index (χ2v) is 11.9. The number of aromatic nitrogens is 2. The number of pyridine rings is 2. The minimum Gasteiger partial charge on any atom is -0.371 e. The van der Waals surface area contributed by atoms with Gasteiger partial charge in [-0.25, -0.2) is 23.9 Å². The Labute approximate surface area is 299 Å². The molecule has 4 aromatic rings. The molecule has 0 radical (unpaired) electrons. The number of hydrogen-bond donors (Lipinski definition) is 6. The molecular weight excluding hydrogens is 719 g/mol. The summed E-state index contributed by atoms with van der Waals surface area (Å²) in [6.07, 6.45) is -2.52. The molecule has 1 unspecified atom stereocenters.